The number of fused-ring (bicyclic) bond motifs is 1. The Morgan fingerprint density at radius 2 is 1.81 bits per heavy atom. The molecule has 7 heteroatoms. The molecule has 27 heavy (non-hydrogen) atoms. The zero-order valence-corrected chi connectivity index (χ0v) is 15.9. The van der Waals surface area contributed by atoms with E-state index in [2.05, 4.69) is 15.3 Å². The molecule has 2 aromatic heterocycles. The molecule has 146 valence electrons. The van der Waals surface area contributed by atoms with Gasteiger partial charge in [-0.1, -0.05) is 31.7 Å². The molecule has 0 spiro atoms. The van der Waals surface area contributed by atoms with Gasteiger partial charge in [0.15, 0.2) is 5.65 Å². The van der Waals surface area contributed by atoms with Crippen LogP contribution < -0.4 is 11.0 Å². The largest absolute Gasteiger partial charge is 0.353 e. The van der Waals surface area contributed by atoms with Crippen LogP contribution in [-0.4, -0.2) is 50.2 Å². The van der Waals surface area contributed by atoms with Crippen molar-refractivity contribution in [3.05, 3.63) is 34.9 Å². The van der Waals surface area contributed by atoms with Crippen LogP contribution in [0.4, 0.5) is 0 Å². The first-order valence-corrected chi connectivity index (χ1v) is 10.2. The third-order valence-corrected chi connectivity index (χ3v) is 6.21. The summed E-state index contributed by atoms with van der Waals surface area (Å²) in [7, 11) is 0. The van der Waals surface area contributed by atoms with Gasteiger partial charge in [0.05, 0.1) is 0 Å². The van der Waals surface area contributed by atoms with E-state index in [1.165, 1.54) is 47.6 Å². The highest BCUT2D eigenvalue weighted by Crippen LogP contribution is 2.35. The van der Waals surface area contributed by atoms with Gasteiger partial charge in [0.1, 0.15) is 6.54 Å². The fourth-order valence-corrected chi connectivity index (χ4v) is 4.71. The van der Waals surface area contributed by atoms with Crippen molar-refractivity contribution in [1.82, 2.24) is 24.4 Å². The third kappa shape index (κ3) is 3.78. The fraction of sp³-hybridized carbons (Fsp3) is 0.650. The second-order valence-electron chi connectivity index (χ2n) is 7.98. The lowest BCUT2D eigenvalue weighted by Crippen LogP contribution is -2.58. The van der Waals surface area contributed by atoms with E-state index in [1.807, 2.05) is 6.07 Å². The molecular weight excluding hydrogens is 342 g/mol. The summed E-state index contributed by atoms with van der Waals surface area (Å²) in [6, 6.07) is 5.38. The molecule has 1 saturated heterocycles. The zero-order valence-electron chi connectivity index (χ0n) is 15.9. The first-order chi connectivity index (χ1) is 13.2. The minimum Gasteiger partial charge on any atom is -0.353 e. The molecule has 0 unspecified atom stereocenters. The molecule has 1 amide bonds. The molecule has 1 aliphatic heterocycles. The van der Waals surface area contributed by atoms with Gasteiger partial charge in [-0.2, -0.15) is 0 Å². The molecule has 0 radical (unpaired) electrons. The van der Waals surface area contributed by atoms with Gasteiger partial charge in [0, 0.05) is 18.3 Å². The van der Waals surface area contributed by atoms with Gasteiger partial charge < -0.3 is 5.32 Å². The first-order valence-electron chi connectivity index (χ1n) is 10.2. The molecule has 1 N–H and O–H groups in total. The SMILES string of the molecule is O=C(Cn1nc2ccccn2c1=O)NCC1(N2CCCCC2)CCCCC1. The third-order valence-electron chi connectivity index (χ3n) is 6.21. The lowest BCUT2D eigenvalue weighted by Gasteiger charge is -2.48. The van der Waals surface area contributed by atoms with E-state index < -0.39 is 0 Å². The maximum atomic E-state index is 12.6. The van der Waals surface area contributed by atoms with E-state index in [4.69, 9.17) is 0 Å². The number of likely N-dealkylation sites (tertiary alicyclic amines) is 1. The number of piperidine rings is 1. The molecule has 2 aromatic rings. The summed E-state index contributed by atoms with van der Waals surface area (Å²) in [5.41, 5.74) is 0.384. The van der Waals surface area contributed by atoms with Crippen LogP contribution in [0.2, 0.25) is 0 Å². The maximum Gasteiger partial charge on any atom is 0.350 e. The van der Waals surface area contributed by atoms with Crippen molar-refractivity contribution in [2.24, 2.45) is 0 Å². The fourth-order valence-electron chi connectivity index (χ4n) is 4.71. The summed E-state index contributed by atoms with van der Waals surface area (Å²) in [6.07, 6.45) is 11.6. The summed E-state index contributed by atoms with van der Waals surface area (Å²) >= 11 is 0. The Labute approximate surface area is 159 Å². The second-order valence-corrected chi connectivity index (χ2v) is 7.98. The summed E-state index contributed by atoms with van der Waals surface area (Å²) in [5.74, 6) is -0.137. The summed E-state index contributed by atoms with van der Waals surface area (Å²) < 4.78 is 2.71. The Balaban J connectivity index is 1.43. The molecule has 1 saturated carbocycles. The standard InChI is InChI=1S/C20H29N5O2/c26-18(15-25-19(27)24-14-8-3-9-17(24)22-25)21-16-20(10-4-1-5-11-20)23-12-6-2-7-13-23/h3,8-9,14H,1-2,4-7,10-13,15-16H2,(H,21,26). The van der Waals surface area contributed by atoms with E-state index in [0.29, 0.717) is 12.2 Å². The van der Waals surface area contributed by atoms with Gasteiger partial charge in [-0.15, -0.1) is 5.10 Å². The van der Waals surface area contributed by atoms with E-state index >= 15 is 0 Å². The normalized spacial score (nSPS) is 20.6. The number of rotatable bonds is 5. The lowest BCUT2D eigenvalue weighted by molar-refractivity contribution is -0.122. The quantitative estimate of drug-likeness (QED) is 0.870. The Bertz CT molecular complexity index is 843. The monoisotopic (exact) mass is 371 g/mol. The number of pyridine rings is 1. The number of amides is 1. The highest BCUT2D eigenvalue weighted by atomic mass is 16.2. The molecule has 7 nitrogen and oxygen atoms in total. The van der Waals surface area contributed by atoms with Gasteiger partial charge in [0.2, 0.25) is 5.91 Å². The highest BCUT2D eigenvalue weighted by Gasteiger charge is 2.38. The van der Waals surface area contributed by atoms with Crippen molar-refractivity contribution in [1.29, 1.82) is 0 Å². The van der Waals surface area contributed by atoms with Crippen LogP contribution in [0.1, 0.15) is 51.4 Å². The molecule has 2 fully saturated rings. The Kier molecular flexibility index (Phi) is 5.29. The highest BCUT2D eigenvalue weighted by molar-refractivity contribution is 5.75. The second kappa shape index (κ2) is 7.84. The van der Waals surface area contributed by atoms with E-state index in [1.54, 1.807) is 18.3 Å². The number of carbonyl (C=O) groups excluding carboxylic acids is 1. The van der Waals surface area contributed by atoms with E-state index in [0.717, 1.165) is 25.9 Å². The van der Waals surface area contributed by atoms with Crippen LogP contribution in [0.5, 0.6) is 0 Å². The van der Waals surface area contributed by atoms with Crippen LogP contribution in [0.25, 0.3) is 5.65 Å². The van der Waals surface area contributed by atoms with Gasteiger partial charge in [-0.3, -0.25) is 14.1 Å². The number of carbonyl (C=O) groups is 1. The summed E-state index contributed by atoms with van der Waals surface area (Å²) in [5, 5.41) is 7.37. The first kappa shape index (κ1) is 18.2. The van der Waals surface area contributed by atoms with Crippen LogP contribution in [-0.2, 0) is 11.3 Å². The molecule has 0 aromatic carbocycles. The predicted molar refractivity (Wildman–Crippen MR) is 104 cm³/mol. The summed E-state index contributed by atoms with van der Waals surface area (Å²) in [4.78, 5) is 27.5. The Morgan fingerprint density at radius 1 is 1.07 bits per heavy atom. The van der Waals surface area contributed by atoms with Crippen molar-refractivity contribution in [2.45, 2.75) is 63.5 Å². The molecular formula is C20H29N5O2. The molecule has 0 bridgehead atoms. The van der Waals surface area contributed by atoms with Crippen molar-refractivity contribution in [2.75, 3.05) is 19.6 Å². The van der Waals surface area contributed by atoms with Gasteiger partial charge >= 0.3 is 5.69 Å². The van der Waals surface area contributed by atoms with E-state index in [-0.39, 0.29) is 23.7 Å². The van der Waals surface area contributed by atoms with Crippen LogP contribution in [0, 0.1) is 0 Å². The topological polar surface area (TPSA) is 71.6 Å². The van der Waals surface area contributed by atoms with E-state index in [9.17, 15) is 9.59 Å². The predicted octanol–water partition coefficient (Wildman–Crippen LogP) is 1.80. The molecule has 0 atom stereocenters. The average molecular weight is 371 g/mol. The van der Waals surface area contributed by atoms with Crippen LogP contribution in [0.15, 0.2) is 29.2 Å². The number of hydrogen-bond donors (Lipinski definition) is 1. The number of nitrogens with one attached hydrogen (secondary N) is 1. The van der Waals surface area contributed by atoms with Gasteiger partial charge in [-0.05, 0) is 50.9 Å². The Morgan fingerprint density at radius 3 is 2.56 bits per heavy atom. The summed E-state index contributed by atoms with van der Waals surface area (Å²) in [6.45, 7) is 2.92. The van der Waals surface area contributed by atoms with Gasteiger partial charge in [0.25, 0.3) is 0 Å². The zero-order chi connectivity index (χ0) is 18.7. The Hall–Kier alpha value is -2.15. The number of hydrogen-bond acceptors (Lipinski definition) is 4. The average Bonchev–Trinajstić information content (AvgIpc) is 3.03. The molecule has 3 heterocycles. The van der Waals surface area contributed by atoms with Gasteiger partial charge in [-0.25, -0.2) is 9.48 Å². The molecule has 4 rings (SSSR count). The maximum absolute atomic E-state index is 12.6. The van der Waals surface area contributed by atoms with Crippen molar-refractivity contribution >= 4 is 11.6 Å². The van der Waals surface area contributed by atoms with Crippen molar-refractivity contribution in [3.63, 3.8) is 0 Å². The van der Waals surface area contributed by atoms with Crippen LogP contribution in [0.3, 0.4) is 0 Å². The minimum absolute atomic E-state index is 0.0312. The molecule has 2 aliphatic rings. The van der Waals surface area contributed by atoms with Crippen molar-refractivity contribution in [3.8, 4) is 0 Å². The smallest absolute Gasteiger partial charge is 0.350 e. The lowest BCUT2D eigenvalue weighted by atomic mass is 9.79. The molecule has 1 aliphatic carbocycles. The number of nitrogens with zero attached hydrogens (tertiary/aromatic N) is 4. The van der Waals surface area contributed by atoms with Crippen molar-refractivity contribution < 1.29 is 4.79 Å². The minimum atomic E-state index is -0.274. The van der Waals surface area contributed by atoms with Crippen LogP contribution >= 0.6 is 0 Å². The number of aromatic nitrogens is 3.